The van der Waals surface area contributed by atoms with Gasteiger partial charge in [0.1, 0.15) is 0 Å². The SMILES string of the molecule is Clc1ccc(-c2nnc(SCc3cn4cccnc4n3)n2-c2ccccc2)cc1. The van der Waals surface area contributed by atoms with Gasteiger partial charge < -0.3 is 0 Å². The molecule has 0 saturated carbocycles. The second kappa shape index (κ2) is 7.69. The van der Waals surface area contributed by atoms with Crippen LogP contribution in [0, 0.1) is 0 Å². The fourth-order valence-corrected chi connectivity index (χ4v) is 4.01. The van der Waals surface area contributed by atoms with E-state index in [0.29, 0.717) is 16.6 Å². The molecule has 0 spiro atoms. The zero-order valence-electron chi connectivity index (χ0n) is 15.2. The summed E-state index contributed by atoms with van der Waals surface area (Å²) in [6.07, 6.45) is 5.66. The predicted molar refractivity (Wildman–Crippen MR) is 114 cm³/mol. The molecule has 3 heterocycles. The topological polar surface area (TPSA) is 60.9 Å². The number of benzene rings is 2. The smallest absolute Gasteiger partial charge is 0.233 e. The standard InChI is InChI=1S/C21H15ClN6S/c22-16-9-7-15(8-10-16)19-25-26-21(28(19)18-5-2-1-3-6-18)29-14-17-13-27-12-4-11-23-20(27)24-17/h1-13H,14H2. The lowest BCUT2D eigenvalue weighted by molar-refractivity contribution is 0.885. The van der Waals surface area contributed by atoms with Crippen molar-refractivity contribution in [3.63, 3.8) is 0 Å². The van der Waals surface area contributed by atoms with Gasteiger partial charge >= 0.3 is 0 Å². The molecule has 0 saturated heterocycles. The van der Waals surface area contributed by atoms with E-state index in [1.807, 2.05) is 77.5 Å². The Bertz CT molecular complexity index is 1230. The van der Waals surface area contributed by atoms with E-state index >= 15 is 0 Å². The number of imidazole rings is 1. The van der Waals surface area contributed by atoms with Crippen LogP contribution >= 0.6 is 23.4 Å². The molecular weight excluding hydrogens is 404 g/mol. The third-order valence-corrected chi connectivity index (χ3v) is 5.60. The van der Waals surface area contributed by atoms with E-state index in [9.17, 15) is 0 Å². The largest absolute Gasteiger partial charge is 0.291 e. The van der Waals surface area contributed by atoms with Gasteiger partial charge in [0.05, 0.1) is 5.69 Å². The van der Waals surface area contributed by atoms with Crippen molar-refractivity contribution in [3.8, 4) is 17.1 Å². The quantitative estimate of drug-likeness (QED) is 0.379. The average Bonchev–Trinajstić information content (AvgIpc) is 3.37. The summed E-state index contributed by atoms with van der Waals surface area (Å²) >= 11 is 7.64. The molecule has 0 amide bonds. The zero-order chi connectivity index (χ0) is 19.6. The normalized spacial score (nSPS) is 11.2. The molecule has 5 aromatic rings. The molecule has 0 aliphatic rings. The maximum absolute atomic E-state index is 6.05. The zero-order valence-corrected chi connectivity index (χ0v) is 16.8. The molecule has 0 atom stereocenters. The summed E-state index contributed by atoms with van der Waals surface area (Å²) < 4.78 is 3.97. The Kier molecular flexibility index (Phi) is 4.75. The molecule has 6 nitrogen and oxygen atoms in total. The highest BCUT2D eigenvalue weighted by Gasteiger charge is 2.16. The highest BCUT2D eigenvalue weighted by Crippen LogP contribution is 2.30. The second-order valence-corrected chi connectivity index (χ2v) is 7.71. The van der Waals surface area contributed by atoms with Crippen LogP contribution < -0.4 is 0 Å². The maximum Gasteiger partial charge on any atom is 0.233 e. The predicted octanol–water partition coefficient (Wildman–Crippen LogP) is 4.92. The molecule has 0 fully saturated rings. The minimum atomic E-state index is 0.662. The monoisotopic (exact) mass is 418 g/mol. The minimum Gasteiger partial charge on any atom is -0.291 e. The van der Waals surface area contributed by atoms with Crippen molar-refractivity contribution in [2.24, 2.45) is 0 Å². The van der Waals surface area contributed by atoms with Crippen LogP contribution in [0.3, 0.4) is 0 Å². The Balaban J connectivity index is 1.51. The van der Waals surface area contributed by atoms with Crippen molar-refractivity contribution < 1.29 is 0 Å². The highest BCUT2D eigenvalue weighted by atomic mass is 35.5. The number of aromatic nitrogens is 6. The van der Waals surface area contributed by atoms with Crippen molar-refractivity contribution in [1.29, 1.82) is 0 Å². The second-order valence-electron chi connectivity index (χ2n) is 6.33. The van der Waals surface area contributed by atoms with Crippen LogP contribution in [0.1, 0.15) is 5.69 Å². The Morgan fingerprint density at radius 2 is 1.76 bits per heavy atom. The van der Waals surface area contributed by atoms with E-state index in [2.05, 4.69) is 24.7 Å². The number of para-hydroxylation sites is 1. The van der Waals surface area contributed by atoms with Gasteiger partial charge in [0, 0.05) is 40.6 Å². The fourth-order valence-electron chi connectivity index (χ4n) is 3.05. The van der Waals surface area contributed by atoms with E-state index in [0.717, 1.165) is 27.9 Å². The third kappa shape index (κ3) is 3.62. The van der Waals surface area contributed by atoms with Gasteiger partial charge in [0.15, 0.2) is 11.0 Å². The average molecular weight is 419 g/mol. The molecule has 142 valence electrons. The van der Waals surface area contributed by atoms with Gasteiger partial charge in [-0.25, -0.2) is 9.97 Å². The Morgan fingerprint density at radius 3 is 2.55 bits per heavy atom. The van der Waals surface area contributed by atoms with Crippen molar-refractivity contribution in [2.45, 2.75) is 10.9 Å². The summed E-state index contributed by atoms with van der Waals surface area (Å²) in [6.45, 7) is 0. The van der Waals surface area contributed by atoms with E-state index in [4.69, 9.17) is 11.6 Å². The summed E-state index contributed by atoms with van der Waals surface area (Å²) in [5.41, 5.74) is 2.89. The number of thioether (sulfide) groups is 1. The molecule has 3 aromatic heterocycles. The molecule has 0 aliphatic carbocycles. The Morgan fingerprint density at radius 1 is 0.931 bits per heavy atom. The minimum absolute atomic E-state index is 0.662. The van der Waals surface area contributed by atoms with Crippen LogP contribution in [0.2, 0.25) is 5.02 Å². The van der Waals surface area contributed by atoms with Crippen LogP contribution in [0.15, 0.2) is 84.4 Å². The first-order chi connectivity index (χ1) is 14.3. The highest BCUT2D eigenvalue weighted by molar-refractivity contribution is 7.98. The Hall–Kier alpha value is -3.16. The Labute approximate surface area is 176 Å². The van der Waals surface area contributed by atoms with E-state index < -0.39 is 0 Å². The summed E-state index contributed by atoms with van der Waals surface area (Å²) in [5, 5.41) is 10.4. The first kappa shape index (κ1) is 17.9. The fraction of sp³-hybridized carbons (Fsp3) is 0.0476. The first-order valence-corrected chi connectivity index (χ1v) is 10.3. The molecule has 2 aromatic carbocycles. The number of nitrogens with zero attached hydrogens (tertiary/aromatic N) is 6. The van der Waals surface area contributed by atoms with Crippen molar-refractivity contribution in [2.75, 3.05) is 0 Å². The van der Waals surface area contributed by atoms with E-state index in [1.54, 1.807) is 18.0 Å². The van der Waals surface area contributed by atoms with Gasteiger partial charge in [-0.1, -0.05) is 41.6 Å². The maximum atomic E-state index is 6.05. The van der Waals surface area contributed by atoms with Crippen LogP contribution in [0.4, 0.5) is 0 Å². The summed E-state index contributed by atoms with van der Waals surface area (Å²) in [5.74, 6) is 2.12. The van der Waals surface area contributed by atoms with Gasteiger partial charge in [-0.2, -0.15) is 0 Å². The summed E-state index contributed by atoms with van der Waals surface area (Å²) in [4.78, 5) is 8.84. The lowest BCUT2D eigenvalue weighted by atomic mass is 10.2. The van der Waals surface area contributed by atoms with Gasteiger partial charge in [0.2, 0.25) is 5.78 Å². The molecule has 0 radical (unpaired) electrons. The molecule has 0 bridgehead atoms. The lowest BCUT2D eigenvalue weighted by Gasteiger charge is -2.10. The van der Waals surface area contributed by atoms with E-state index in [-0.39, 0.29) is 0 Å². The molecule has 8 heteroatoms. The third-order valence-electron chi connectivity index (χ3n) is 4.38. The molecular formula is C21H15ClN6S. The van der Waals surface area contributed by atoms with Crippen molar-refractivity contribution >= 4 is 29.1 Å². The van der Waals surface area contributed by atoms with Crippen molar-refractivity contribution in [1.82, 2.24) is 29.1 Å². The first-order valence-electron chi connectivity index (χ1n) is 8.96. The lowest BCUT2D eigenvalue weighted by Crippen LogP contribution is -1.99. The van der Waals surface area contributed by atoms with Crippen molar-refractivity contribution in [3.05, 3.63) is 90.0 Å². The molecule has 0 unspecified atom stereocenters. The summed E-state index contributed by atoms with van der Waals surface area (Å²) in [7, 11) is 0. The number of rotatable bonds is 5. The molecule has 5 rings (SSSR count). The van der Waals surface area contributed by atoms with Gasteiger partial charge in [-0.3, -0.25) is 8.97 Å². The van der Waals surface area contributed by atoms with Gasteiger partial charge in [-0.15, -0.1) is 10.2 Å². The number of halogens is 1. The number of hydrogen-bond acceptors (Lipinski definition) is 5. The number of hydrogen-bond donors (Lipinski definition) is 0. The van der Waals surface area contributed by atoms with Crippen LogP contribution in [0.25, 0.3) is 22.9 Å². The van der Waals surface area contributed by atoms with Crippen LogP contribution in [0.5, 0.6) is 0 Å². The molecule has 29 heavy (non-hydrogen) atoms. The molecule has 0 aliphatic heterocycles. The van der Waals surface area contributed by atoms with Crippen LogP contribution in [-0.4, -0.2) is 29.1 Å². The van der Waals surface area contributed by atoms with Crippen LogP contribution in [-0.2, 0) is 5.75 Å². The van der Waals surface area contributed by atoms with Gasteiger partial charge in [-0.05, 0) is 42.5 Å². The molecule has 0 N–H and O–H groups in total. The van der Waals surface area contributed by atoms with Gasteiger partial charge in [0.25, 0.3) is 0 Å². The summed E-state index contributed by atoms with van der Waals surface area (Å²) in [6, 6.07) is 19.6. The van der Waals surface area contributed by atoms with E-state index in [1.165, 1.54) is 0 Å². The number of fused-ring (bicyclic) bond motifs is 1.